The smallest absolute Gasteiger partial charge is 0.303 e. The van der Waals surface area contributed by atoms with Gasteiger partial charge < -0.3 is 10.0 Å². The highest BCUT2D eigenvalue weighted by atomic mass is 32.2. The Morgan fingerprint density at radius 2 is 2.00 bits per heavy atom. The van der Waals surface area contributed by atoms with E-state index < -0.39 is 15.8 Å². The summed E-state index contributed by atoms with van der Waals surface area (Å²) < 4.78 is 22.8. The van der Waals surface area contributed by atoms with Crippen molar-refractivity contribution in [1.29, 1.82) is 0 Å². The Morgan fingerprint density at radius 1 is 1.35 bits per heavy atom. The van der Waals surface area contributed by atoms with E-state index in [1.165, 1.54) is 6.26 Å². The molecule has 1 N–H and O–H groups in total. The summed E-state index contributed by atoms with van der Waals surface area (Å²) in [5.41, 5.74) is 0.996. The van der Waals surface area contributed by atoms with Crippen LogP contribution in [0.2, 0.25) is 0 Å². The van der Waals surface area contributed by atoms with Gasteiger partial charge in [0.15, 0.2) is 9.84 Å². The molecule has 1 heterocycles. The Bertz CT molecular complexity index is 580. The number of rotatable bonds is 5. The van der Waals surface area contributed by atoms with Crippen molar-refractivity contribution in [1.82, 2.24) is 0 Å². The van der Waals surface area contributed by atoms with E-state index in [0.717, 1.165) is 25.2 Å². The fraction of sp³-hybridized carbons (Fsp3) is 0.500. The number of benzene rings is 1. The van der Waals surface area contributed by atoms with Crippen molar-refractivity contribution in [3.05, 3.63) is 24.3 Å². The van der Waals surface area contributed by atoms with Gasteiger partial charge in [0.05, 0.1) is 4.90 Å². The summed E-state index contributed by atoms with van der Waals surface area (Å²) in [7, 11) is -3.16. The molecule has 1 aliphatic heterocycles. The number of sulfone groups is 1. The van der Waals surface area contributed by atoms with E-state index in [0.29, 0.717) is 17.2 Å². The molecule has 0 bridgehead atoms. The monoisotopic (exact) mass is 297 g/mol. The van der Waals surface area contributed by atoms with Crippen LogP contribution in [0.1, 0.15) is 19.3 Å². The molecule has 0 aromatic heterocycles. The second-order valence-electron chi connectivity index (χ2n) is 5.30. The van der Waals surface area contributed by atoms with Crippen LogP contribution in [0.25, 0.3) is 0 Å². The van der Waals surface area contributed by atoms with Gasteiger partial charge in [-0.15, -0.1) is 0 Å². The molecule has 2 rings (SSSR count). The lowest BCUT2D eigenvalue weighted by molar-refractivity contribution is -0.137. The fourth-order valence-electron chi connectivity index (χ4n) is 2.53. The Kier molecular flexibility index (Phi) is 4.32. The van der Waals surface area contributed by atoms with E-state index in [9.17, 15) is 13.2 Å². The van der Waals surface area contributed by atoms with Gasteiger partial charge in [0.2, 0.25) is 0 Å². The zero-order chi connectivity index (χ0) is 14.8. The first-order valence-corrected chi connectivity index (χ1v) is 8.52. The highest BCUT2D eigenvalue weighted by Gasteiger charge is 2.23. The van der Waals surface area contributed by atoms with Crippen LogP contribution in [0.5, 0.6) is 0 Å². The van der Waals surface area contributed by atoms with Crippen LogP contribution in [0, 0.1) is 5.92 Å². The number of carbonyl (C=O) groups is 1. The van der Waals surface area contributed by atoms with Gasteiger partial charge in [0, 0.05) is 31.5 Å². The quantitative estimate of drug-likeness (QED) is 0.896. The first-order chi connectivity index (χ1) is 9.36. The lowest BCUT2D eigenvalue weighted by Gasteiger charge is -2.18. The fourth-order valence-corrected chi connectivity index (χ4v) is 3.17. The second-order valence-corrected chi connectivity index (χ2v) is 7.31. The Hall–Kier alpha value is -1.56. The zero-order valence-corrected chi connectivity index (χ0v) is 12.3. The van der Waals surface area contributed by atoms with Crippen molar-refractivity contribution < 1.29 is 18.3 Å². The topological polar surface area (TPSA) is 74.7 Å². The van der Waals surface area contributed by atoms with Gasteiger partial charge >= 0.3 is 5.97 Å². The van der Waals surface area contributed by atoms with E-state index in [2.05, 4.69) is 4.90 Å². The average Bonchev–Trinajstić information content (AvgIpc) is 2.84. The molecule has 1 aliphatic rings. The normalized spacial score (nSPS) is 19.2. The van der Waals surface area contributed by atoms with Crippen molar-refractivity contribution in [2.45, 2.75) is 24.2 Å². The van der Waals surface area contributed by atoms with Crippen LogP contribution < -0.4 is 4.90 Å². The molecule has 1 atom stereocenters. The molecule has 1 fully saturated rings. The first kappa shape index (κ1) is 14.8. The average molecular weight is 297 g/mol. The third-order valence-electron chi connectivity index (χ3n) is 3.68. The van der Waals surface area contributed by atoms with Crippen LogP contribution in [0.4, 0.5) is 5.69 Å². The number of hydrogen-bond acceptors (Lipinski definition) is 4. The lowest BCUT2D eigenvalue weighted by atomic mass is 10.0. The standard InChI is InChI=1S/C14H19NO4S/c1-20(18,19)13-5-3-12(4-6-13)15-9-8-11(10-15)2-7-14(16)17/h3-6,11H,2,7-10H2,1H3,(H,16,17). The molecule has 0 spiro atoms. The first-order valence-electron chi connectivity index (χ1n) is 6.63. The number of hydrogen-bond donors (Lipinski definition) is 1. The third-order valence-corrected chi connectivity index (χ3v) is 4.81. The predicted molar refractivity (Wildman–Crippen MR) is 76.7 cm³/mol. The summed E-state index contributed by atoms with van der Waals surface area (Å²) in [5.74, 6) is -0.346. The molecule has 6 heteroatoms. The largest absolute Gasteiger partial charge is 0.481 e. The molecule has 0 amide bonds. The minimum atomic E-state index is -3.16. The van der Waals surface area contributed by atoms with Crippen LogP contribution in [-0.2, 0) is 14.6 Å². The van der Waals surface area contributed by atoms with Crippen LogP contribution >= 0.6 is 0 Å². The SMILES string of the molecule is CS(=O)(=O)c1ccc(N2CCC(CCC(=O)O)C2)cc1. The minimum Gasteiger partial charge on any atom is -0.481 e. The highest BCUT2D eigenvalue weighted by molar-refractivity contribution is 7.90. The van der Waals surface area contributed by atoms with Gasteiger partial charge in [-0.3, -0.25) is 4.79 Å². The van der Waals surface area contributed by atoms with Gasteiger partial charge in [0.1, 0.15) is 0 Å². The maximum atomic E-state index is 11.4. The molecule has 0 aliphatic carbocycles. The summed E-state index contributed by atoms with van der Waals surface area (Å²) in [5, 5.41) is 8.69. The Labute approximate surface area is 119 Å². The summed E-state index contributed by atoms with van der Waals surface area (Å²) in [6.45, 7) is 1.73. The Morgan fingerprint density at radius 3 is 2.55 bits per heavy atom. The summed E-state index contributed by atoms with van der Waals surface area (Å²) in [4.78, 5) is 13.1. The zero-order valence-electron chi connectivity index (χ0n) is 11.4. The van der Waals surface area contributed by atoms with Gasteiger partial charge in [-0.1, -0.05) is 0 Å². The van der Waals surface area contributed by atoms with E-state index in [1.807, 2.05) is 12.1 Å². The number of carboxylic acid groups (broad SMARTS) is 1. The number of aliphatic carboxylic acids is 1. The van der Waals surface area contributed by atoms with Gasteiger partial charge in [-0.05, 0) is 43.0 Å². The maximum absolute atomic E-state index is 11.4. The van der Waals surface area contributed by atoms with Crippen molar-refractivity contribution >= 4 is 21.5 Å². The molecule has 1 aromatic rings. The molecule has 0 radical (unpaired) electrons. The molecule has 20 heavy (non-hydrogen) atoms. The summed E-state index contributed by atoms with van der Waals surface area (Å²) in [6, 6.07) is 6.87. The van der Waals surface area contributed by atoms with E-state index in [4.69, 9.17) is 5.11 Å². The number of anilines is 1. The Balaban J connectivity index is 1.98. The summed E-state index contributed by atoms with van der Waals surface area (Å²) in [6.07, 6.45) is 3.10. The molecule has 1 unspecified atom stereocenters. The molecule has 1 saturated heterocycles. The number of carboxylic acids is 1. The van der Waals surface area contributed by atoms with E-state index >= 15 is 0 Å². The van der Waals surface area contributed by atoms with Gasteiger partial charge in [0.25, 0.3) is 0 Å². The molecule has 1 aromatic carbocycles. The van der Waals surface area contributed by atoms with E-state index in [1.54, 1.807) is 12.1 Å². The molecule has 5 nitrogen and oxygen atoms in total. The summed E-state index contributed by atoms with van der Waals surface area (Å²) >= 11 is 0. The lowest BCUT2D eigenvalue weighted by Crippen LogP contribution is -2.19. The highest BCUT2D eigenvalue weighted by Crippen LogP contribution is 2.27. The molecular formula is C14H19NO4S. The third kappa shape index (κ3) is 3.72. The number of nitrogens with zero attached hydrogens (tertiary/aromatic N) is 1. The van der Waals surface area contributed by atoms with Crippen molar-refractivity contribution in [3.8, 4) is 0 Å². The molecule has 0 saturated carbocycles. The van der Waals surface area contributed by atoms with Gasteiger partial charge in [-0.25, -0.2) is 8.42 Å². The van der Waals surface area contributed by atoms with Gasteiger partial charge in [-0.2, -0.15) is 0 Å². The van der Waals surface area contributed by atoms with Crippen molar-refractivity contribution in [3.63, 3.8) is 0 Å². The minimum absolute atomic E-state index is 0.214. The van der Waals surface area contributed by atoms with Crippen LogP contribution in [-0.4, -0.2) is 38.8 Å². The molecular weight excluding hydrogens is 278 g/mol. The van der Waals surface area contributed by atoms with Crippen LogP contribution in [0.15, 0.2) is 29.2 Å². The second kappa shape index (κ2) is 5.83. The predicted octanol–water partition coefficient (Wildman–Crippen LogP) is 1.78. The maximum Gasteiger partial charge on any atom is 0.303 e. The van der Waals surface area contributed by atoms with Crippen LogP contribution in [0.3, 0.4) is 0 Å². The van der Waals surface area contributed by atoms with Crippen molar-refractivity contribution in [2.75, 3.05) is 24.2 Å². The van der Waals surface area contributed by atoms with E-state index in [-0.39, 0.29) is 6.42 Å². The van der Waals surface area contributed by atoms with Crippen molar-refractivity contribution in [2.24, 2.45) is 5.92 Å². The molecule has 110 valence electrons.